The summed E-state index contributed by atoms with van der Waals surface area (Å²) >= 11 is 0. The second-order valence-corrected chi connectivity index (χ2v) is 5.95. The molecule has 5 unspecified atom stereocenters. The Morgan fingerprint density at radius 1 is 1.39 bits per heavy atom. The van der Waals surface area contributed by atoms with E-state index in [2.05, 4.69) is 13.5 Å². The minimum atomic E-state index is -0.284. The van der Waals surface area contributed by atoms with Crippen LogP contribution >= 0.6 is 0 Å². The van der Waals surface area contributed by atoms with Gasteiger partial charge in [-0.15, -0.1) is 0 Å². The second-order valence-electron chi connectivity index (χ2n) is 5.95. The van der Waals surface area contributed by atoms with E-state index in [-0.39, 0.29) is 17.7 Å². The van der Waals surface area contributed by atoms with Gasteiger partial charge in [0.2, 0.25) is 0 Å². The van der Waals surface area contributed by atoms with Crippen molar-refractivity contribution in [3.05, 3.63) is 12.7 Å². The zero-order valence-electron chi connectivity index (χ0n) is 11.1. The molecule has 3 aliphatic rings. The smallest absolute Gasteiger partial charge is 0.330 e. The molecule has 3 heteroatoms. The molecular formula is C15H22O3. The number of hydrogen-bond acceptors (Lipinski definition) is 3. The number of esters is 1. The van der Waals surface area contributed by atoms with Crippen molar-refractivity contribution in [2.24, 2.45) is 17.8 Å². The van der Waals surface area contributed by atoms with Gasteiger partial charge in [-0.1, -0.05) is 13.0 Å². The Morgan fingerprint density at radius 3 is 2.94 bits per heavy atom. The molecule has 2 bridgehead atoms. The van der Waals surface area contributed by atoms with Crippen LogP contribution < -0.4 is 0 Å². The van der Waals surface area contributed by atoms with Crippen LogP contribution in [0.1, 0.15) is 39.0 Å². The van der Waals surface area contributed by atoms with Gasteiger partial charge in [0.1, 0.15) is 6.10 Å². The number of carbonyl (C=O) groups is 1. The van der Waals surface area contributed by atoms with Crippen LogP contribution in [0.3, 0.4) is 0 Å². The number of rotatable bonds is 4. The van der Waals surface area contributed by atoms with Crippen molar-refractivity contribution in [2.45, 2.75) is 50.7 Å². The molecule has 0 saturated heterocycles. The van der Waals surface area contributed by atoms with Gasteiger partial charge in [-0.3, -0.25) is 0 Å². The first-order chi connectivity index (χ1) is 8.70. The molecule has 5 atom stereocenters. The van der Waals surface area contributed by atoms with Gasteiger partial charge in [-0.2, -0.15) is 0 Å². The maximum atomic E-state index is 11.4. The highest BCUT2D eigenvalue weighted by molar-refractivity contribution is 5.81. The summed E-state index contributed by atoms with van der Waals surface area (Å²) < 4.78 is 11.7. The summed E-state index contributed by atoms with van der Waals surface area (Å²) in [5.41, 5.74) is 0.00665. The van der Waals surface area contributed by atoms with Crippen molar-refractivity contribution in [2.75, 3.05) is 6.61 Å². The van der Waals surface area contributed by atoms with Crippen molar-refractivity contribution in [1.82, 2.24) is 0 Å². The van der Waals surface area contributed by atoms with E-state index in [0.717, 1.165) is 19.4 Å². The van der Waals surface area contributed by atoms with E-state index in [1.807, 2.05) is 0 Å². The number of carbonyl (C=O) groups excluding carboxylic acids is 1. The average molecular weight is 250 g/mol. The van der Waals surface area contributed by atoms with Gasteiger partial charge in [-0.05, 0) is 38.0 Å². The van der Waals surface area contributed by atoms with Crippen LogP contribution in [-0.4, -0.2) is 24.3 Å². The highest BCUT2D eigenvalue weighted by atomic mass is 16.6. The summed E-state index contributed by atoms with van der Waals surface area (Å²) in [5, 5.41) is 0. The van der Waals surface area contributed by atoms with E-state index >= 15 is 0 Å². The monoisotopic (exact) mass is 250 g/mol. The highest BCUT2D eigenvalue weighted by Gasteiger charge is 2.64. The van der Waals surface area contributed by atoms with Gasteiger partial charge < -0.3 is 9.47 Å². The fourth-order valence-electron chi connectivity index (χ4n) is 4.83. The lowest BCUT2D eigenvalue weighted by Gasteiger charge is -2.38. The normalized spacial score (nSPS) is 44.9. The molecule has 3 aliphatic carbocycles. The van der Waals surface area contributed by atoms with Crippen LogP contribution in [0.4, 0.5) is 0 Å². The van der Waals surface area contributed by atoms with Crippen molar-refractivity contribution < 1.29 is 14.3 Å². The largest absolute Gasteiger partial charge is 0.459 e. The molecule has 0 spiro atoms. The summed E-state index contributed by atoms with van der Waals surface area (Å²) in [7, 11) is 0. The predicted octanol–water partition coefficient (Wildman–Crippen LogP) is 2.70. The van der Waals surface area contributed by atoms with Gasteiger partial charge in [-0.25, -0.2) is 4.79 Å². The van der Waals surface area contributed by atoms with E-state index in [1.165, 1.54) is 25.3 Å². The topological polar surface area (TPSA) is 35.5 Å². The number of ether oxygens (including phenoxy) is 2. The lowest BCUT2D eigenvalue weighted by atomic mass is 9.78. The van der Waals surface area contributed by atoms with E-state index in [0.29, 0.717) is 17.8 Å². The third-order valence-corrected chi connectivity index (χ3v) is 5.27. The van der Waals surface area contributed by atoms with Crippen LogP contribution in [0.2, 0.25) is 0 Å². The van der Waals surface area contributed by atoms with E-state index in [1.54, 1.807) is 0 Å². The lowest BCUT2D eigenvalue weighted by Crippen LogP contribution is -2.42. The number of hydrogen-bond donors (Lipinski definition) is 0. The Balaban J connectivity index is 1.79. The quantitative estimate of drug-likeness (QED) is 0.568. The minimum Gasteiger partial charge on any atom is -0.459 e. The third-order valence-electron chi connectivity index (χ3n) is 5.27. The molecule has 0 aromatic rings. The van der Waals surface area contributed by atoms with E-state index in [4.69, 9.17) is 9.47 Å². The van der Waals surface area contributed by atoms with E-state index in [9.17, 15) is 4.79 Å². The second kappa shape index (κ2) is 4.37. The molecule has 0 radical (unpaired) electrons. The van der Waals surface area contributed by atoms with Crippen LogP contribution in [0, 0.1) is 17.8 Å². The predicted molar refractivity (Wildman–Crippen MR) is 68.0 cm³/mol. The van der Waals surface area contributed by atoms with Gasteiger partial charge in [0, 0.05) is 25.0 Å². The van der Waals surface area contributed by atoms with Crippen LogP contribution in [0.15, 0.2) is 12.7 Å². The van der Waals surface area contributed by atoms with Crippen molar-refractivity contribution in [3.8, 4) is 0 Å². The molecule has 3 fully saturated rings. The fraction of sp³-hybridized carbons (Fsp3) is 0.800. The highest BCUT2D eigenvalue weighted by Crippen LogP contribution is 2.63. The van der Waals surface area contributed by atoms with Gasteiger partial charge in [0.25, 0.3) is 0 Å². The van der Waals surface area contributed by atoms with Crippen molar-refractivity contribution in [1.29, 1.82) is 0 Å². The molecule has 0 aromatic carbocycles. The zero-order chi connectivity index (χ0) is 12.8. The Kier molecular flexibility index (Phi) is 2.97. The summed E-state index contributed by atoms with van der Waals surface area (Å²) in [6.07, 6.45) is 7.20. The molecule has 3 nitrogen and oxygen atoms in total. The molecule has 0 heterocycles. The molecule has 0 N–H and O–H groups in total. The maximum Gasteiger partial charge on any atom is 0.330 e. The first-order valence-electron chi connectivity index (χ1n) is 7.17. The van der Waals surface area contributed by atoms with Crippen LogP contribution in [-0.2, 0) is 14.3 Å². The van der Waals surface area contributed by atoms with Crippen molar-refractivity contribution >= 4 is 5.97 Å². The molecular weight excluding hydrogens is 228 g/mol. The summed E-state index contributed by atoms with van der Waals surface area (Å²) in [6, 6.07) is 0. The van der Waals surface area contributed by atoms with Crippen LogP contribution in [0.25, 0.3) is 0 Å². The molecule has 3 rings (SSSR count). The van der Waals surface area contributed by atoms with Gasteiger partial charge >= 0.3 is 5.97 Å². The summed E-state index contributed by atoms with van der Waals surface area (Å²) in [4.78, 5) is 11.4. The van der Waals surface area contributed by atoms with Gasteiger partial charge in [0.05, 0.1) is 5.60 Å². The van der Waals surface area contributed by atoms with E-state index < -0.39 is 0 Å². The summed E-state index contributed by atoms with van der Waals surface area (Å²) in [6.45, 7) is 6.31. The third kappa shape index (κ3) is 1.63. The summed E-state index contributed by atoms with van der Waals surface area (Å²) in [5.74, 6) is 1.66. The number of fused-ring (bicyclic) bond motifs is 5. The van der Waals surface area contributed by atoms with Gasteiger partial charge in [0.15, 0.2) is 0 Å². The first kappa shape index (κ1) is 12.2. The average Bonchev–Trinajstić information content (AvgIpc) is 2.99. The first-order valence-corrected chi connectivity index (χ1v) is 7.17. The zero-order valence-corrected chi connectivity index (χ0v) is 11.1. The molecule has 0 amide bonds. The molecule has 3 saturated carbocycles. The molecule has 100 valence electrons. The SMILES string of the molecule is C=CC(=O)OC1CC2(OCC)CC1C1CCCC12. The molecule has 0 aromatic heterocycles. The minimum absolute atomic E-state index is 0.00665. The molecule has 18 heavy (non-hydrogen) atoms. The maximum absolute atomic E-state index is 11.4. The Hall–Kier alpha value is -0.830. The van der Waals surface area contributed by atoms with Crippen LogP contribution in [0.5, 0.6) is 0 Å². The standard InChI is InChI=1S/C15H22O3/c1-3-14(16)18-13-9-15(17-4-2)8-11(13)10-6-5-7-12(10)15/h3,10-13H,1,4-9H2,2H3. The Bertz CT molecular complexity index is 365. The lowest BCUT2D eigenvalue weighted by molar-refractivity contribution is -0.151. The fourth-order valence-corrected chi connectivity index (χ4v) is 4.83. The Morgan fingerprint density at radius 2 is 2.22 bits per heavy atom. The Labute approximate surface area is 109 Å². The van der Waals surface area contributed by atoms with Crippen molar-refractivity contribution in [3.63, 3.8) is 0 Å². The molecule has 0 aliphatic heterocycles.